The van der Waals surface area contributed by atoms with E-state index in [9.17, 15) is 0 Å². The Balaban J connectivity index is 1.64. The van der Waals surface area contributed by atoms with Crippen molar-refractivity contribution in [1.29, 1.82) is 0 Å². The first-order valence-electron chi connectivity index (χ1n) is 7.11. The Bertz CT molecular complexity index is 721. The van der Waals surface area contributed by atoms with Crippen molar-refractivity contribution in [2.24, 2.45) is 0 Å². The highest BCUT2D eigenvalue weighted by Crippen LogP contribution is 2.20. The number of rotatable bonds is 6. The van der Waals surface area contributed by atoms with Gasteiger partial charge >= 0.3 is 0 Å². The number of ether oxygens (including phenoxy) is 1. The predicted octanol–water partition coefficient (Wildman–Crippen LogP) is 3.52. The van der Waals surface area contributed by atoms with Gasteiger partial charge in [0, 0.05) is 17.6 Å². The zero-order valence-corrected chi connectivity index (χ0v) is 12.0. The second kappa shape index (κ2) is 6.41. The molecule has 3 rings (SSSR count). The Kier molecular flexibility index (Phi) is 4.17. The number of aromatic nitrogens is 1. The minimum absolute atomic E-state index is 0.421. The lowest BCUT2D eigenvalue weighted by atomic mass is 10.2. The molecule has 0 saturated carbocycles. The molecule has 21 heavy (non-hydrogen) atoms. The summed E-state index contributed by atoms with van der Waals surface area (Å²) >= 11 is 0. The highest BCUT2D eigenvalue weighted by atomic mass is 16.5. The lowest BCUT2D eigenvalue weighted by Crippen LogP contribution is -2.10. The Morgan fingerprint density at radius 1 is 1.14 bits per heavy atom. The zero-order chi connectivity index (χ0) is 14.5. The van der Waals surface area contributed by atoms with Crippen molar-refractivity contribution >= 4 is 10.9 Å². The fraction of sp³-hybridized carbons (Fsp3) is 0.235. The number of fused-ring (bicyclic) bond motifs is 1. The summed E-state index contributed by atoms with van der Waals surface area (Å²) in [5.74, 6) is 2.55. The van der Waals surface area contributed by atoms with Crippen LogP contribution >= 0.6 is 0 Å². The van der Waals surface area contributed by atoms with Crippen LogP contribution in [0.1, 0.15) is 18.4 Å². The smallest absolute Gasteiger partial charge is 0.146 e. The van der Waals surface area contributed by atoms with Gasteiger partial charge < -0.3 is 14.5 Å². The van der Waals surface area contributed by atoms with Gasteiger partial charge in [-0.25, -0.2) is 0 Å². The number of furan rings is 1. The van der Waals surface area contributed by atoms with Crippen LogP contribution in [-0.4, -0.2) is 11.5 Å². The average Bonchev–Trinajstić information content (AvgIpc) is 2.98. The highest BCUT2D eigenvalue weighted by molar-refractivity contribution is 5.79. The summed E-state index contributed by atoms with van der Waals surface area (Å²) in [5.41, 5.74) is 0.933. The molecule has 3 aromatic rings. The molecule has 0 aliphatic carbocycles. The molecule has 0 fully saturated rings. The molecule has 4 heteroatoms. The van der Waals surface area contributed by atoms with Crippen molar-refractivity contribution < 1.29 is 9.15 Å². The Morgan fingerprint density at radius 3 is 2.95 bits per heavy atom. The third kappa shape index (κ3) is 3.41. The molecule has 0 amide bonds. The van der Waals surface area contributed by atoms with Crippen molar-refractivity contribution in [3.8, 4) is 5.75 Å². The maximum Gasteiger partial charge on any atom is 0.146 e. The molecule has 1 N–H and O–H groups in total. The normalized spacial score (nSPS) is 10.9. The molecule has 0 spiro atoms. The first-order valence-corrected chi connectivity index (χ1v) is 7.11. The quantitative estimate of drug-likeness (QED) is 0.751. The van der Waals surface area contributed by atoms with Gasteiger partial charge in [-0.3, -0.25) is 4.98 Å². The Labute approximate surface area is 123 Å². The van der Waals surface area contributed by atoms with Crippen molar-refractivity contribution in [3.63, 3.8) is 0 Å². The van der Waals surface area contributed by atoms with Crippen molar-refractivity contribution in [2.75, 3.05) is 6.54 Å². The van der Waals surface area contributed by atoms with Crippen molar-refractivity contribution in [1.82, 2.24) is 10.3 Å². The summed E-state index contributed by atoms with van der Waals surface area (Å²) in [6, 6.07) is 13.8. The third-order valence-electron chi connectivity index (χ3n) is 3.23. The molecule has 0 radical (unpaired) electrons. The van der Waals surface area contributed by atoms with Gasteiger partial charge in [-0.15, -0.1) is 0 Å². The molecule has 0 unspecified atom stereocenters. The van der Waals surface area contributed by atoms with E-state index in [0.29, 0.717) is 6.61 Å². The topological polar surface area (TPSA) is 47.3 Å². The minimum Gasteiger partial charge on any atom is -0.486 e. The number of hydrogen-bond acceptors (Lipinski definition) is 4. The van der Waals surface area contributed by atoms with Crippen molar-refractivity contribution in [2.45, 2.75) is 20.1 Å². The van der Waals surface area contributed by atoms with Crippen LogP contribution in [0.5, 0.6) is 5.75 Å². The molecule has 2 aromatic heterocycles. The Morgan fingerprint density at radius 2 is 2.05 bits per heavy atom. The molecule has 0 saturated heterocycles. The molecular formula is C17H18N2O2. The van der Waals surface area contributed by atoms with Crippen LogP contribution in [-0.2, 0) is 13.2 Å². The molecule has 108 valence electrons. The third-order valence-corrected chi connectivity index (χ3v) is 3.23. The lowest BCUT2D eigenvalue weighted by molar-refractivity contribution is 0.265. The molecule has 0 aliphatic heterocycles. The summed E-state index contributed by atoms with van der Waals surface area (Å²) in [7, 11) is 0. The van der Waals surface area contributed by atoms with Crippen LogP contribution in [0.4, 0.5) is 0 Å². The van der Waals surface area contributed by atoms with Gasteiger partial charge in [0.2, 0.25) is 0 Å². The predicted molar refractivity (Wildman–Crippen MR) is 82.2 cm³/mol. The number of nitrogens with zero attached hydrogens (tertiary/aromatic N) is 1. The summed E-state index contributed by atoms with van der Waals surface area (Å²) < 4.78 is 11.5. The standard InChI is InChI=1S/C17H18N2O2/c1-2-18-11-15-7-8-16(21-15)12-20-14-6-5-13-4-3-9-19-17(13)10-14/h3-10,18H,2,11-12H2,1H3. The van der Waals surface area contributed by atoms with Gasteiger partial charge in [-0.2, -0.15) is 0 Å². The fourth-order valence-electron chi connectivity index (χ4n) is 2.13. The van der Waals surface area contributed by atoms with E-state index in [1.165, 1.54) is 0 Å². The van der Waals surface area contributed by atoms with Gasteiger partial charge in [0.05, 0.1) is 12.1 Å². The van der Waals surface area contributed by atoms with Gasteiger partial charge in [-0.05, 0) is 36.9 Å². The van der Waals surface area contributed by atoms with Gasteiger partial charge in [0.1, 0.15) is 23.9 Å². The van der Waals surface area contributed by atoms with Crippen LogP contribution < -0.4 is 10.1 Å². The van der Waals surface area contributed by atoms with E-state index in [1.54, 1.807) is 6.20 Å². The van der Waals surface area contributed by atoms with E-state index in [-0.39, 0.29) is 0 Å². The van der Waals surface area contributed by atoms with Gasteiger partial charge in [-0.1, -0.05) is 13.0 Å². The lowest BCUT2D eigenvalue weighted by Gasteiger charge is -2.05. The fourth-order valence-corrected chi connectivity index (χ4v) is 2.13. The first kappa shape index (κ1) is 13.6. The van der Waals surface area contributed by atoms with Crippen LogP contribution in [0.25, 0.3) is 10.9 Å². The number of benzene rings is 1. The highest BCUT2D eigenvalue weighted by Gasteiger charge is 2.03. The molecule has 1 aromatic carbocycles. The van der Waals surface area contributed by atoms with E-state index in [1.807, 2.05) is 42.5 Å². The summed E-state index contributed by atoms with van der Waals surface area (Å²) in [5, 5.41) is 4.34. The van der Waals surface area contributed by atoms with Crippen molar-refractivity contribution in [3.05, 3.63) is 60.2 Å². The summed E-state index contributed by atoms with van der Waals surface area (Å²) in [4.78, 5) is 4.32. The molecule has 4 nitrogen and oxygen atoms in total. The van der Waals surface area contributed by atoms with E-state index in [4.69, 9.17) is 9.15 Å². The van der Waals surface area contributed by atoms with Crippen LogP contribution in [0.15, 0.2) is 53.1 Å². The first-order chi connectivity index (χ1) is 10.3. The summed E-state index contributed by atoms with van der Waals surface area (Å²) in [6.45, 7) is 4.16. The van der Waals surface area contributed by atoms with E-state index in [2.05, 4.69) is 17.2 Å². The zero-order valence-electron chi connectivity index (χ0n) is 12.0. The van der Waals surface area contributed by atoms with Crippen LogP contribution in [0.2, 0.25) is 0 Å². The molecular weight excluding hydrogens is 264 g/mol. The van der Waals surface area contributed by atoms with E-state index in [0.717, 1.165) is 41.3 Å². The van der Waals surface area contributed by atoms with Gasteiger partial charge in [0.15, 0.2) is 0 Å². The minimum atomic E-state index is 0.421. The SMILES string of the molecule is CCNCc1ccc(COc2ccc3cccnc3c2)o1. The second-order valence-electron chi connectivity index (χ2n) is 4.79. The second-order valence-corrected chi connectivity index (χ2v) is 4.79. The van der Waals surface area contributed by atoms with E-state index >= 15 is 0 Å². The number of hydrogen-bond donors (Lipinski definition) is 1. The number of pyridine rings is 1. The maximum absolute atomic E-state index is 5.76. The molecule has 0 aliphatic rings. The Hall–Kier alpha value is -2.33. The van der Waals surface area contributed by atoms with Crippen LogP contribution in [0.3, 0.4) is 0 Å². The molecule has 0 atom stereocenters. The average molecular weight is 282 g/mol. The largest absolute Gasteiger partial charge is 0.486 e. The number of nitrogens with one attached hydrogen (secondary N) is 1. The molecule has 2 heterocycles. The van der Waals surface area contributed by atoms with Gasteiger partial charge in [0.25, 0.3) is 0 Å². The maximum atomic E-state index is 5.76. The molecule has 0 bridgehead atoms. The monoisotopic (exact) mass is 282 g/mol. The van der Waals surface area contributed by atoms with E-state index < -0.39 is 0 Å². The summed E-state index contributed by atoms with van der Waals surface area (Å²) in [6.07, 6.45) is 1.78. The van der Waals surface area contributed by atoms with Crippen LogP contribution in [0, 0.1) is 0 Å².